The molecule has 0 spiro atoms. The standard InChI is InChI=1S/C4H8OSi/c1-4(2)5-6-3/h1H2,2-3H3. The highest BCUT2D eigenvalue weighted by Gasteiger charge is 1.76. The Bertz CT molecular complexity index is 51.5. The van der Waals surface area contributed by atoms with Gasteiger partial charge in [0.15, 0.2) is 0 Å². The van der Waals surface area contributed by atoms with Crippen LogP contribution in [0.5, 0.6) is 0 Å². The first kappa shape index (κ1) is 5.76. The van der Waals surface area contributed by atoms with Crippen LogP contribution in [0.2, 0.25) is 6.55 Å². The zero-order valence-corrected chi connectivity index (χ0v) is 5.12. The zero-order valence-electron chi connectivity index (χ0n) is 4.12. The van der Waals surface area contributed by atoms with Crippen LogP contribution in [0.4, 0.5) is 0 Å². The molecule has 0 heterocycles. The normalized spacial score (nSPS) is 7.67. The highest BCUT2D eigenvalue weighted by Crippen LogP contribution is 1.83. The van der Waals surface area contributed by atoms with Gasteiger partial charge < -0.3 is 4.43 Å². The van der Waals surface area contributed by atoms with Crippen LogP contribution in [0.1, 0.15) is 6.92 Å². The second kappa shape index (κ2) is 2.97. The molecule has 0 unspecified atom stereocenters. The largest absolute Gasteiger partial charge is 0.545 e. The number of hydrogen-bond acceptors (Lipinski definition) is 1. The van der Waals surface area contributed by atoms with Gasteiger partial charge in [-0.05, 0) is 13.5 Å². The molecule has 0 N–H and O–H groups in total. The lowest BCUT2D eigenvalue weighted by molar-refractivity contribution is 0.462. The van der Waals surface area contributed by atoms with Crippen molar-refractivity contribution in [2.45, 2.75) is 13.5 Å². The second-order valence-corrected chi connectivity index (χ2v) is 1.62. The Morgan fingerprint density at radius 3 is 2.33 bits per heavy atom. The Balaban J connectivity index is 2.83. The smallest absolute Gasteiger partial charge is 0.306 e. The SMILES string of the molecule is C=C(C)O[Si]C. The van der Waals surface area contributed by atoms with Gasteiger partial charge in [-0.15, -0.1) is 0 Å². The van der Waals surface area contributed by atoms with Gasteiger partial charge in [0.1, 0.15) is 0 Å². The molecule has 0 bridgehead atoms. The fraction of sp³-hybridized carbons (Fsp3) is 0.500. The molecule has 0 aliphatic heterocycles. The summed E-state index contributed by atoms with van der Waals surface area (Å²) >= 11 is 0. The van der Waals surface area contributed by atoms with Crippen LogP contribution in [0, 0.1) is 0 Å². The monoisotopic (exact) mass is 100 g/mol. The van der Waals surface area contributed by atoms with Crippen molar-refractivity contribution in [2.24, 2.45) is 0 Å². The minimum Gasteiger partial charge on any atom is -0.545 e. The summed E-state index contributed by atoms with van der Waals surface area (Å²) in [5.41, 5.74) is 0. The Hall–Kier alpha value is -0.243. The number of allylic oxidation sites excluding steroid dienone is 1. The second-order valence-electron chi connectivity index (χ2n) is 1.01. The molecule has 0 rings (SSSR count). The van der Waals surface area contributed by atoms with Gasteiger partial charge in [-0.3, -0.25) is 0 Å². The van der Waals surface area contributed by atoms with E-state index in [1.165, 1.54) is 0 Å². The van der Waals surface area contributed by atoms with E-state index in [2.05, 4.69) is 6.58 Å². The molecule has 34 valence electrons. The first-order valence-corrected chi connectivity index (χ1v) is 3.17. The van der Waals surface area contributed by atoms with E-state index in [1.54, 1.807) is 0 Å². The van der Waals surface area contributed by atoms with E-state index in [4.69, 9.17) is 4.43 Å². The van der Waals surface area contributed by atoms with Gasteiger partial charge in [0.2, 0.25) is 0 Å². The summed E-state index contributed by atoms with van der Waals surface area (Å²) in [4.78, 5) is 0. The molecule has 0 saturated carbocycles. The quantitative estimate of drug-likeness (QED) is 0.374. The zero-order chi connectivity index (χ0) is 4.99. The van der Waals surface area contributed by atoms with Gasteiger partial charge in [-0.2, -0.15) is 0 Å². The summed E-state index contributed by atoms with van der Waals surface area (Å²) < 4.78 is 4.88. The van der Waals surface area contributed by atoms with Gasteiger partial charge in [-0.25, -0.2) is 0 Å². The fourth-order valence-corrected chi connectivity index (χ4v) is 0.523. The van der Waals surface area contributed by atoms with Crippen molar-refractivity contribution >= 4 is 9.76 Å². The molecule has 2 radical (unpaired) electrons. The van der Waals surface area contributed by atoms with Crippen LogP contribution >= 0.6 is 0 Å². The third-order valence-electron chi connectivity index (χ3n) is 0.276. The third-order valence-corrected chi connectivity index (χ3v) is 0.829. The van der Waals surface area contributed by atoms with Gasteiger partial charge in [-0.1, -0.05) is 6.58 Å². The molecule has 0 saturated heterocycles. The maximum absolute atomic E-state index is 4.88. The van der Waals surface area contributed by atoms with Crippen molar-refractivity contribution in [1.82, 2.24) is 0 Å². The van der Waals surface area contributed by atoms with Gasteiger partial charge >= 0.3 is 9.76 Å². The van der Waals surface area contributed by atoms with Crippen molar-refractivity contribution < 1.29 is 4.43 Å². The summed E-state index contributed by atoms with van der Waals surface area (Å²) in [6.45, 7) is 7.34. The number of rotatable bonds is 2. The summed E-state index contributed by atoms with van der Waals surface area (Å²) in [6, 6.07) is 0. The average molecular weight is 100 g/mol. The Labute approximate surface area is 41.0 Å². The Kier molecular flexibility index (Phi) is 2.85. The van der Waals surface area contributed by atoms with Crippen molar-refractivity contribution in [3.8, 4) is 0 Å². The van der Waals surface area contributed by atoms with Crippen LogP contribution in [-0.2, 0) is 4.43 Å². The molecule has 0 aromatic heterocycles. The summed E-state index contributed by atoms with van der Waals surface area (Å²) in [6.07, 6.45) is 0. The summed E-state index contributed by atoms with van der Waals surface area (Å²) in [5, 5.41) is 0. The molecular formula is C4H8OSi. The molecule has 0 aromatic rings. The van der Waals surface area contributed by atoms with Crippen molar-refractivity contribution in [2.75, 3.05) is 0 Å². The predicted octanol–water partition coefficient (Wildman–Crippen LogP) is 1.20. The molecule has 0 atom stereocenters. The molecule has 0 amide bonds. The average Bonchev–Trinajstić information content (AvgIpc) is 1.35. The van der Waals surface area contributed by atoms with Crippen molar-refractivity contribution in [3.63, 3.8) is 0 Å². The van der Waals surface area contributed by atoms with Crippen molar-refractivity contribution in [3.05, 3.63) is 12.3 Å². The lowest BCUT2D eigenvalue weighted by Gasteiger charge is -1.94. The van der Waals surface area contributed by atoms with Crippen LogP contribution in [0.3, 0.4) is 0 Å². The molecule has 0 fully saturated rings. The van der Waals surface area contributed by atoms with E-state index in [-0.39, 0.29) is 0 Å². The minimum absolute atomic E-state index is 0.539. The highest BCUT2D eigenvalue weighted by atomic mass is 28.2. The Morgan fingerprint density at radius 1 is 1.83 bits per heavy atom. The molecule has 1 nitrogen and oxygen atoms in total. The molecule has 6 heavy (non-hydrogen) atoms. The molecule has 0 aliphatic carbocycles. The van der Waals surface area contributed by atoms with Crippen LogP contribution in [-0.4, -0.2) is 9.76 Å². The maximum Gasteiger partial charge on any atom is 0.306 e. The van der Waals surface area contributed by atoms with Crippen LogP contribution in [0.25, 0.3) is 0 Å². The lowest BCUT2D eigenvalue weighted by atomic mass is 10.7. The van der Waals surface area contributed by atoms with Crippen molar-refractivity contribution in [1.29, 1.82) is 0 Å². The first-order chi connectivity index (χ1) is 2.77. The number of hydrogen-bond donors (Lipinski definition) is 0. The topological polar surface area (TPSA) is 9.23 Å². The first-order valence-electron chi connectivity index (χ1n) is 1.76. The van der Waals surface area contributed by atoms with E-state index < -0.39 is 0 Å². The van der Waals surface area contributed by atoms with Gasteiger partial charge in [0, 0.05) is 0 Å². The lowest BCUT2D eigenvalue weighted by Crippen LogP contribution is -1.86. The fourth-order valence-electron chi connectivity index (χ4n) is 0.174. The van der Waals surface area contributed by atoms with E-state index >= 15 is 0 Å². The molecule has 0 aromatic carbocycles. The molecule has 2 heteroatoms. The minimum atomic E-state index is 0.539. The molecule has 0 aliphatic rings. The molecular weight excluding hydrogens is 92.1 g/mol. The van der Waals surface area contributed by atoms with E-state index in [0.29, 0.717) is 9.76 Å². The summed E-state index contributed by atoms with van der Waals surface area (Å²) in [7, 11) is 0.539. The van der Waals surface area contributed by atoms with E-state index in [0.717, 1.165) is 5.76 Å². The highest BCUT2D eigenvalue weighted by molar-refractivity contribution is 6.25. The summed E-state index contributed by atoms with van der Waals surface area (Å²) in [5.74, 6) is 0.802. The van der Waals surface area contributed by atoms with Crippen LogP contribution in [0.15, 0.2) is 12.3 Å². The van der Waals surface area contributed by atoms with Gasteiger partial charge in [0.25, 0.3) is 0 Å². The Morgan fingerprint density at radius 2 is 2.33 bits per heavy atom. The predicted molar refractivity (Wildman–Crippen MR) is 27.5 cm³/mol. The van der Waals surface area contributed by atoms with E-state index in [1.807, 2.05) is 13.5 Å². The van der Waals surface area contributed by atoms with E-state index in [9.17, 15) is 0 Å². The maximum atomic E-state index is 4.88. The van der Waals surface area contributed by atoms with Gasteiger partial charge in [0.05, 0.1) is 5.76 Å². The van der Waals surface area contributed by atoms with Crippen LogP contribution < -0.4 is 0 Å². The third kappa shape index (κ3) is 3.76.